The van der Waals surface area contributed by atoms with Gasteiger partial charge in [-0.25, -0.2) is 0 Å². The number of hydrogen-bond donors (Lipinski definition) is 2. The quantitative estimate of drug-likeness (QED) is 0.475. The maximum atomic E-state index is 13.9. The van der Waals surface area contributed by atoms with Crippen LogP contribution < -0.4 is 5.32 Å². The van der Waals surface area contributed by atoms with E-state index in [1.165, 1.54) is 17.3 Å². The summed E-state index contributed by atoms with van der Waals surface area (Å²) in [5, 5.41) is 30.4. The van der Waals surface area contributed by atoms with Crippen LogP contribution in [-0.2, 0) is 31.1 Å². The molecule has 1 aromatic heterocycles. The molecule has 1 amide bonds. The molecule has 1 unspecified atom stereocenters. The van der Waals surface area contributed by atoms with Crippen molar-refractivity contribution in [3.8, 4) is 17.5 Å². The van der Waals surface area contributed by atoms with Crippen molar-refractivity contribution < 1.29 is 27.8 Å². The van der Waals surface area contributed by atoms with E-state index >= 15 is 0 Å². The summed E-state index contributed by atoms with van der Waals surface area (Å²) in [6.45, 7) is 2.88. The van der Waals surface area contributed by atoms with E-state index in [-0.39, 0.29) is 29.1 Å². The predicted octanol–water partition coefficient (Wildman–Crippen LogP) is 4.10. The second-order valence-electron chi connectivity index (χ2n) is 9.65. The first-order valence-electron chi connectivity index (χ1n) is 12.4. The molecule has 2 aromatic carbocycles. The highest BCUT2D eigenvalue weighted by Gasteiger charge is 2.42. The van der Waals surface area contributed by atoms with Gasteiger partial charge in [0.25, 0.3) is 5.91 Å². The third-order valence-electron chi connectivity index (χ3n) is 6.84. The average molecular weight is 551 g/mol. The van der Waals surface area contributed by atoms with Crippen LogP contribution in [0.25, 0.3) is 17.0 Å². The number of halogens is 3. The van der Waals surface area contributed by atoms with Crippen LogP contribution in [0.4, 0.5) is 13.2 Å². The number of aliphatic hydroxyl groups excluding tert-OH is 1. The van der Waals surface area contributed by atoms with Crippen LogP contribution in [0, 0.1) is 11.3 Å². The number of allylic oxidation sites excluding steroid dienone is 2. The van der Waals surface area contributed by atoms with Gasteiger partial charge in [-0.2, -0.15) is 18.4 Å². The summed E-state index contributed by atoms with van der Waals surface area (Å²) in [7, 11) is 1.76. The standard InChI is InChI=1S/C28H25F3N6O3/c1-4-40-27(2)11-18(19-6-5-16(12-32)7-20(19)25-35-33-15-36(25)3)10-24(34-27)37-13-22-21(26(37)39)8-17(14-38)9-23(22)28(29,30)31/h5-11,15,34,38H,4,13-14H2,1-3H3. The van der Waals surface area contributed by atoms with Crippen molar-refractivity contribution in [2.75, 3.05) is 6.61 Å². The Morgan fingerprint density at radius 3 is 2.62 bits per heavy atom. The van der Waals surface area contributed by atoms with Gasteiger partial charge in [-0.15, -0.1) is 10.2 Å². The van der Waals surface area contributed by atoms with E-state index in [1.807, 2.05) is 0 Å². The van der Waals surface area contributed by atoms with E-state index < -0.39 is 30.0 Å². The fourth-order valence-electron chi connectivity index (χ4n) is 5.08. The van der Waals surface area contributed by atoms with Gasteiger partial charge in [0, 0.05) is 24.8 Å². The second kappa shape index (κ2) is 9.93. The number of aliphatic hydroxyl groups is 1. The first-order valence-corrected chi connectivity index (χ1v) is 12.4. The van der Waals surface area contributed by atoms with Crippen molar-refractivity contribution >= 4 is 11.5 Å². The van der Waals surface area contributed by atoms with Crippen molar-refractivity contribution in [2.45, 2.75) is 38.9 Å². The molecule has 2 N–H and O–H groups in total. The molecule has 0 aliphatic carbocycles. The molecule has 0 spiro atoms. The molecule has 2 aliphatic rings. The van der Waals surface area contributed by atoms with Crippen LogP contribution in [0.2, 0.25) is 0 Å². The molecule has 1 atom stereocenters. The highest BCUT2D eigenvalue weighted by Crippen LogP contribution is 2.41. The Morgan fingerprint density at radius 2 is 2.00 bits per heavy atom. The molecule has 3 heterocycles. The molecule has 0 saturated heterocycles. The molecule has 3 aromatic rings. The van der Waals surface area contributed by atoms with E-state index in [9.17, 15) is 28.3 Å². The first-order chi connectivity index (χ1) is 19.0. The van der Waals surface area contributed by atoms with E-state index in [0.29, 0.717) is 34.7 Å². The molecule has 2 aliphatic heterocycles. The highest BCUT2D eigenvalue weighted by molar-refractivity contribution is 6.00. The molecule has 206 valence electrons. The Hall–Kier alpha value is -4.47. The highest BCUT2D eigenvalue weighted by atomic mass is 19.4. The van der Waals surface area contributed by atoms with Gasteiger partial charge in [0.15, 0.2) is 11.5 Å². The number of hydrogen-bond acceptors (Lipinski definition) is 7. The van der Waals surface area contributed by atoms with Gasteiger partial charge in [0.2, 0.25) is 0 Å². The largest absolute Gasteiger partial charge is 0.416 e. The number of alkyl halides is 3. The van der Waals surface area contributed by atoms with Crippen LogP contribution >= 0.6 is 0 Å². The van der Waals surface area contributed by atoms with Crippen LogP contribution in [0.5, 0.6) is 0 Å². The number of carbonyl (C=O) groups excluding carboxylic acids is 1. The van der Waals surface area contributed by atoms with E-state index in [1.54, 1.807) is 55.8 Å². The Balaban J connectivity index is 1.65. The summed E-state index contributed by atoms with van der Waals surface area (Å²) in [5.74, 6) is 0.0974. The summed E-state index contributed by atoms with van der Waals surface area (Å²) in [6, 6.07) is 9.35. The number of benzene rings is 2. The van der Waals surface area contributed by atoms with Gasteiger partial charge in [0.05, 0.1) is 30.3 Å². The number of nitriles is 1. The lowest BCUT2D eigenvalue weighted by molar-refractivity contribution is -0.138. The van der Waals surface area contributed by atoms with Crippen LogP contribution in [0.1, 0.15) is 52.0 Å². The fourth-order valence-corrected chi connectivity index (χ4v) is 5.08. The number of nitrogens with one attached hydrogen (secondary N) is 1. The normalized spacial score (nSPS) is 18.6. The molecule has 12 heteroatoms. The van der Waals surface area contributed by atoms with Crippen LogP contribution in [0.15, 0.2) is 54.6 Å². The molecule has 0 bridgehead atoms. The van der Waals surface area contributed by atoms with Crippen LogP contribution in [0.3, 0.4) is 0 Å². The van der Waals surface area contributed by atoms with Gasteiger partial charge >= 0.3 is 6.18 Å². The van der Waals surface area contributed by atoms with E-state index in [2.05, 4.69) is 21.6 Å². The first kappa shape index (κ1) is 27.1. The topological polar surface area (TPSA) is 116 Å². The second-order valence-corrected chi connectivity index (χ2v) is 9.65. The van der Waals surface area contributed by atoms with Gasteiger partial charge in [0.1, 0.15) is 12.1 Å². The Labute approximate surface area is 227 Å². The summed E-state index contributed by atoms with van der Waals surface area (Å²) >= 11 is 0. The summed E-state index contributed by atoms with van der Waals surface area (Å²) < 4.78 is 49.5. The number of ether oxygens (including phenoxy) is 1. The molecule has 0 fully saturated rings. The molecule has 9 nitrogen and oxygen atoms in total. The smallest absolute Gasteiger partial charge is 0.392 e. The third kappa shape index (κ3) is 4.74. The molecule has 0 radical (unpaired) electrons. The Kier molecular flexibility index (Phi) is 6.73. The number of aryl methyl sites for hydroxylation is 1. The number of amides is 1. The maximum absolute atomic E-state index is 13.9. The summed E-state index contributed by atoms with van der Waals surface area (Å²) in [6.07, 6.45) is 0.282. The maximum Gasteiger partial charge on any atom is 0.416 e. The lowest BCUT2D eigenvalue weighted by Crippen LogP contribution is -2.49. The molecular formula is C28H25F3N6O3. The molecule has 0 saturated carbocycles. The van der Waals surface area contributed by atoms with Crippen molar-refractivity contribution in [2.24, 2.45) is 7.05 Å². The molecule has 40 heavy (non-hydrogen) atoms. The van der Waals surface area contributed by atoms with Crippen molar-refractivity contribution in [1.29, 1.82) is 5.26 Å². The fraction of sp³-hybridized carbons (Fsp3) is 0.286. The minimum atomic E-state index is -4.71. The number of rotatable bonds is 6. The van der Waals surface area contributed by atoms with Gasteiger partial charge < -0.3 is 19.7 Å². The Morgan fingerprint density at radius 1 is 1.23 bits per heavy atom. The molecular weight excluding hydrogens is 525 g/mol. The van der Waals surface area contributed by atoms with Crippen molar-refractivity contribution in [3.63, 3.8) is 0 Å². The SMILES string of the molecule is CCOC1(C)C=C(c2ccc(C#N)cc2-c2nncn2C)C=C(N2Cc3c(cc(CO)cc3C(F)(F)F)C2=O)N1. The summed E-state index contributed by atoms with van der Waals surface area (Å²) in [5.41, 5.74) is -0.109. The zero-order chi connectivity index (χ0) is 28.8. The van der Waals surface area contributed by atoms with E-state index in [0.717, 1.165) is 6.07 Å². The number of fused-ring (bicyclic) bond motifs is 1. The van der Waals surface area contributed by atoms with E-state index in [4.69, 9.17) is 4.74 Å². The monoisotopic (exact) mass is 550 g/mol. The van der Waals surface area contributed by atoms with Crippen molar-refractivity contribution in [3.05, 3.63) is 88.0 Å². The zero-order valence-electron chi connectivity index (χ0n) is 21.9. The molecule has 5 rings (SSSR count). The minimum absolute atomic E-state index is 0.00232. The predicted molar refractivity (Wildman–Crippen MR) is 138 cm³/mol. The minimum Gasteiger partial charge on any atom is -0.392 e. The number of aromatic nitrogens is 3. The number of carbonyl (C=O) groups is 1. The average Bonchev–Trinajstić information content (AvgIpc) is 3.49. The van der Waals surface area contributed by atoms with Crippen LogP contribution in [-0.4, -0.2) is 43.0 Å². The van der Waals surface area contributed by atoms with Crippen molar-refractivity contribution in [1.82, 2.24) is 25.0 Å². The Bertz CT molecular complexity index is 1620. The lowest BCUT2D eigenvalue weighted by atomic mass is 9.93. The number of dihydropyridines is 1. The number of nitrogens with zero attached hydrogens (tertiary/aromatic N) is 5. The van der Waals surface area contributed by atoms with Gasteiger partial charge in [-0.1, -0.05) is 6.07 Å². The lowest BCUT2D eigenvalue weighted by Gasteiger charge is -2.37. The third-order valence-corrected chi connectivity index (χ3v) is 6.84. The zero-order valence-corrected chi connectivity index (χ0v) is 21.9. The summed E-state index contributed by atoms with van der Waals surface area (Å²) in [4.78, 5) is 14.7. The van der Waals surface area contributed by atoms with Gasteiger partial charge in [-0.3, -0.25) is 9.69 Å². The van der Waals surface area contributed by atoms with Gasteiger partial charge in [-0.05, 0) is 72.5 Å².